The summed E-state index contributed by atoms with van der Waals surface area (Å²) in [4.78, 5) is 27.5. The topological polar surface area (TPSA) is 74.8 Å². The Bertz CT molecular complexity index is 629. The zero-order chi connectivity index (χ0) is 17.0. The standard InChI is InChI=1S/C15H23FN2O4S/c1-17(2)13(19)10-4-7-23(21,22)12-9-18(8-11(10)12)14(20)15(16)5-3-6-15/h10-12H,3-9H2,1-2H3/t10?,11-,12-/m1/s1. The lowest BCUT2D eigenvalue weighted by atomic mass is 9.81. The number of nitrogens with zero attached hydrogens (tertiary/aromatic N) is 2. The number of fused-ring (bicyclic) bond motifs is 1. The molecule has 0 N–H and O–H groups in total. The molecular weight excluding hydrogens is 323 g/mol. The van der Waals surface area contributed by atoms with Crippen molar-refractivity contribution in [3.05, 3.63) is 0 Å². The predicted octanol–water partition coefficient (Wildman–Crippen LogP) is 0.229. The average Bonchev–Trinajstić information content (AvgIpc) is 2.89. The SMILES string of the molecule is CN(C)C(=O)C1CCS(=O)(=O)[C@@H]2CN(C(=O)C3(F)CCC3)C[C@H]12. The number of carbonyl (C=O) groups is 2. The molecule has 1 aliphatic carbocycles. The molecule has 0 aromatic heterocycles. The number of halogens is 1. The minimum atomic E-state index is -3.34. The zero-order valence-corrected chi connectivity index (χ0v) is 14.3. The summed E-state index contributed by atoms with van der Waals surface area (Å²) in [5.41, 5.74) is -1.82. The molecule has 0 spiro atoms. The molecule has 6 nitrogen and oxygen atoms in total. The molecule has 23 heavy (non-hydrogen) atoms. The van der Waals surface area contributed by atoms with Crippen LogP contribution in [0.1, 0.15) is 25.7 Å². The lowest BCUT2D eigenvalue weighted by molar-refractivity contribution is -0.149. The molecule has 3 atom stereocenters. The lowest BCUT2D eigenvalue weighted by Gasteiger charge is -2.35. The third kappa shape index (κ3) is 2.64. The van der Waals surface area contributed by atoms with Crippen LogP contribution in [0.15, 0.2) is 0 Å². The Hall–Kier alpha value is -1.18. The van der Waals surface area contributed by atoms with Gasteiger partial charge in [0.25, 0.3) is 5.91 Å². The Morgan fingerprint density at radius 2 is 1.87 bits per heavy atom. The summed E-state index contributed by atoms with van der Waals surface area (Å²) in [6, 6.07) is 0. The van der Waals surface area contributed by atoms with Gasteiger partial charge in [-0.05, 0) is 25.7 Å². The maximum atomic E-state index is 14.4. The van der Waals surface area contributed by atoms with Gasteiger partial charge >= 0.3 is 0 Å². The number of amides is 2. The van der Waals surface area contributed by atoms with Gasteiger partial charge in [0.15, 0.2) is 15.5 Å². The number of rotatable bonds is 2. The van der Waals surface area contributed by atoms with Gasteiger partial charge in [-0.2, -0.15) is 0 Å². The Balaban J connectivity index is 1.83. The second-order valence-electron chi connectivity index (χ2n) is 7.23. The van der Waals surface area contributed by atoms with E-state index in [4.69, 9.17) is 0 Å². The van der Waals surface area contributed by atoms with Gasteiger partial charge in [-0.25, -0.2) is 12.8 Å². The van der Waals surface area contributed by atoms with E-state index in [1.54, 1.807) is 14.1 Å². The molecule has 0 radical (unpaired) electrons. The van der Waals surface area contributed by atoms with Crippen LogP contribution in [0.5, 0.6) is 0 Å². The van der Waals surface area contributed by atoms with Crippen LogP contribution in [0.25, 0.3) is 0 Å². The van der Waals surface area contributed by atoms with Gasteiger partial charge in [-0.15, -0.1) is 0 Å². The van der Waals surface area contributed by atoms with Crippen LogP contribution in [0, 0.1) is 11.8 Å². The molecule has 0 aromatic rings. The summed E-state index contributed by atoms with van der Waals surface area (Å²) in [7, 11) is -0.0559. The first-order chi connectivity index (χ1) is 10.7. The number of likely N-dealkylation sites (tertiary alicyclic amines) is 1. The van der Waals surface area contributed by atoms with E-state index in [1.165, 1.54) is 9.80 Å². The molecule has 0 bridgehead atoms. The molecule has 1 unspecified atom stereocenters. The molecular formula is C15H23FN2O4S. The number of alkyl halides is 1. The number of sulfone groups is 1. The molecule has 8 heteroatoms. The van der Waals surface area contributed by atoms with Crippen molar-refractivity contribution < 1.29 is 22.4 Å². The summed E-state index contributed by atoms with van der Waals surface area (Å²) in [5, 5.41) is -0.738. The van der Waals surface area contributed by atoms with E-state index < -0.39 is 38.5 Å². The van der Waals surface area contributed by atoms with E-state index in [0.717, 1.165) is 0 Å². The van der Waals surface area contributed by atoms with Crippen molar-refractivity contribution in [1.82, 2.24) is 9.80 Å². The fourth-order valence-corrected chi connectivity index (χ4v) is 6.11. The van der Waals surface area contributed by atoms with Gasteiger partial charge in [0, 0.05) is 39.0 Å². The van der Waals surface area contributed by atoms with Crippen molar-refractivity contribution >= 4 is 21.7 Å². The maximum absolute atomic E-state index is 14.4. The van der Waals surface area contributed by atoms with Crippen molar-refractivity contribution in [3.63, 3.8) is 0 Å². The van der Waals surface area contributed by atoms with Crippen LogP contribution in [0.2, 0.25) is 0 Å². The van der Waals surface area contributed by atoms with E-state index in [-0.39, 0.29) is 44.0 Å². The molecule has 2 saturated heterocycles. The van der Waals surface area contributed by atoms with Crippen molar-refractivity contribution in [3.8, 4) is 0 Å². The molecule has 2 amide bonds. The Morgan fingerprint density at radius 3 is 2.39 bits per heavy atom. The second kappa shape index (κ2) is 5.43. The Kier molecular flexibility index (Phi) is 3.93. The van der Waals surface area contributed by atoms with Crippen molar-refractivity contribution in [2.75, 3.05) is 32.9 Å². The van der Waals surface area contributed by atoms with E-state index in [1.807, 2.05) is 0 Å². The van der Waals surface area contributed by atoms with Crippen LogP contribution < -0.4 is 0 Å². The minimum absolute atomic E-state index is 0.0225. The molecule has 1 saturated carbocycles. The number of hydrogen-bond acceptors (Lipinski definition) is 4. The third-order valence-corrected chi connectivity index (χ3v) is 7.80. The summed E-state index contributed by atoms with van der Waals surface area (Å²) in [6.07, 6.45) is 1.39. The van der Waals surface area contributed by atoms with Gasteiger partial charge in [0.05, 0.1) is 11.0 Å². The van der Waals surface area contributed by atoms with Crippen LogP contribution in [0.3, 0.4) is 0 Å². The van der Waals surface area contributed by atoms with Crippen molar-refractivity contribution in [1.29, 1.82) is 0 Å². The minimum Gasteiger partial charge on any atom is -0.349 e. The van der Waals surface area contributed by atoms with Gasteiger partial charge in [0.1, 0.15) is 0 Å². The second-order valence-corrected chi connectivity index (χ2v) is 9.57. The quantitative estimate of drug-likeness (QED) is 0.717. The average molecular weight is 346 g/mol. The first kappa shape index (κ1) is 16.7. The lowest BCUT2D eigenvalue weighted by Crippen LogP contribution is -2.50. The first-order valence-corrected chi connectivity index (χ1v) is 9.78. The summed E-state index contributed by atoms with van der Waals surface area (Å²) < 4.78 is 39.1. The third-order valence-electron chi connectivity index (χ3n) is 5.58. The van der Waals surface area contributed by atoms with Crippen molar-refractivity contribution in [2.45, 2.75) is 36.6 Å². The van der Waals surface area contributed by atoms with Crippen LogP contribution in [-0.4, -0.2) is 73.9 Å². The maximum Gasteiger partial charge on any atom is 0.260 e. The highest BCUT2D eigenvalue weighted by Crippen LogP contribution is 2.42. The predicted molar refractivity (Wildman–Crippen MR) is 82.1 cm³/mol. The summed E-state index contributed by atoms with van der Waals surface area (Å²) in [5.74, 6) is -1.57. The fourth-order valence-electron chi connectivity index (χ4n) is 4.01. The highest BCUT2D eigenvalue weighted by Gasteiger charge is 2.55. The van der Waals surface area contributed by atoms with Gasteiger partial charge in [-0.3, -0.25) is 9.59 Å². The van der Waals surface area contributed by atoms with Crippen molar-refractivity contribution in [2.24, 2.45) is 11.8 Å². The van der Waals surface area contributed by atoms with Gasteiger partial charge in [0.2, 0.25) is 5.91 Å². The molecule has 3 rings (SSSR count). The van der Waals surface area contributed by atoms with Crippen LogP contribution in [0.4, 0.5) is 4.39 Å². The molecule has 2 heterocycles. The smallest absolute Gasteiger partial charge is 0.260 e. The molecule has 3 fully saturated rings. The Morgan fingerprint density at radius 1 is 1.22 bits per heavy atom. The largest absolute Gasteiger partial charge is 0.349 e. The van der Waals surface area contributed by atoms with E-state index in [9.17, 15) is 22.4 Å². The zero-order valence-electron chi connectivity index (χ0n) is 13.5. The normalized spacial score (nSPS) is 34.4. The first-order valence-electron chi connectivity index (χ1n) is 8.07. The van der Waals surface area contributed by atoms with E-state index in [2.05, 4.69) is 0 Å². The van der Waals surface area contributed by atoms with E-state index >= 15 is 0 Å². The molecule has 130 valence electrons. The van der Waals surface area contributed by atoms with Crippen LogP contribution >= 0.6 is 0 Å². The highest BCUT2D eigenvalue weighted by molar-refractivity contribution is 7.92. The summed E-state index contributed by atoms with van der Waals surface area (Å²) in [6.45, 7) is 0.188. The highest BCUT2D eigenvalue weighted by atomic mass is 32.2. The molecule has 3 aliphatic rings. The van der Waals surface area contributed by atoms with E-state index in [0.29, 0.717) is 6.42 Å². The number of carbonyl (C=O) groups excluding carboxylic acids is 2. The molecule has 0 aromatic carbocycles. The monoisotopic (exact) mass is 346 g/mol. The Labute approximate surface area is 135 Å². The van der Waals surface area contributed by atoms with Crippen LogP contribution in [-0.2, 0) is 19.4 Å². The fraction of sp³-hybridized carbons (Fsp3) is 0.867. The van der Waals surface area contributed by atoms with Gasteiger partial charge in [-0.1, -0.05) is 0 Å². The van der Waals surface area contributed by atoms with Gasteiger partial charge < -0.3 is 9.80 Å². The summed E-state index contributed by atoms with van der Waals surface area (Å²) >= 11 is 0. The molecule has 2 aliphatic heterocycles. The number of hydrogen-bond donors (Lipinski definition) is 0.